The number of rotatable bonds is 7. The first-order valence-corrected chi connectivity index (χ1v) is 5.99. The Balaban J connectivity index is 2.37. The van der Waals surface area contributed by atoms with Gasteiger partial charge < -0.3 is 15.4 Å². The molecule has 0 aliphatic rings. The molecule has 94 valence electrons. The first kappa shape index (κ1) is 13.5. The third-order valence-corrected chi connectivity index (χ3v) is 2.23. The highest BCUT2D eigenvalue weighted by Gasteiger charge is 2.01. The molecule has 0 saturated carbocycles. The first-order valence-electron chi connectivity index (χ1n) is 5.99. The lowest BCUT2D eigenvalue weighted by atomic mass is 10.3. The Morgan fingerprint density at radius 2 is 1.94 bits per heavy atom. The molecule has 0 radical (unpaired) electrons. The molecule has 0 bridgehead atoms. The molecule has 0 fully saturated rings. The van der Waals surface area contributed by atoms with Crippen molar-refractivity contribution in [1.29, 1.82) is 0 Å². The largest absolute Gasteiger partial charge is 0.494 e. The normalized spacial score (nSPS) is 10.0. The summed E-state index contributed by atoms with van der Waals surface area (Å²) in [5.41, 5.74) is 0.801. The van der Waals surface area contributed by atoms with Crippen molar-refractivity contribution in [1.82, 2.24) is 5.32 Å². The Morgan fingerprint density at radius 1 is 1.24 bits per heavy atom. The Labute approximate surface area is 102 Å². The molecule has 0 aromatic heterocycles. The highest BCUT2D eigenvalue weighted by molar-refractivity contribution is 5.90. The van der Waals surface area contributed by atoms with Crippen LogP contribution in [-0.4, -0.2) is 25.6 Å². The average molecular weight is 236 g/mol. The predicted molar refractivity (Wildman–Crippen MR) is 69.4 cm³/mol. The number of hydrogen-bond acceptors (Lipinski definition) is 3. The summed E-state index contributed by atoms with van der Waals surface area (Å²) in [7, 11) is 0. The van der Waals surface area contributed by atoms with Crippen molar-refractivity contribution in [2.45, 2.75) is 20.3 Å². The Hall–Kier alpha value is -1.55. The molecule has 1 aromatic carbocycles. The van der Waals surface area contributed by atoms with Crippen LogP contribution in [0.4, 0.5) is 5.69 Å². The minimum absolute atomic E-state index is 0.0232. The van der Waals surface area contributed by atoms with Gasteiger partial charge >= 0.3 is 0 Å². The summed E-state index contributed by atoms with van der Waals surface area (Å²) >= 11 is 0. The van der Waals surface area contributed by atoms with Crippen LogP contribution in [0, 0.1) is 0 Å². The number of anilines is 1. The molecule has 1 aromatic rings. The molecule has 0 unspecified atom stereocenters. The van der Waals surface area contributed by atoms with Crippen LogP contribution < -0.4 is 15.4 Å². The molecular formula is C13H20N2O2. The first-order chi connectivity index (χ1) is 8.26. The van der Waals surface area contributed by atoms with E-state index < -0.39 is 0 Å². The van der Waals surface area contributed by atoms with Gasteiger partial charge in [-0.2, -0.15) is 0 Å². The fourth-order valence-corrected chi connectivity index (χ4v) is 1.40. The smallest absolute Gasteiger partial charge is 0.225 e. The van der Waals surface area contributed by atoms with Crippen LogP contribution in [0.25, 0.3) is 0 Å². The van der Waals surface area contributed by atoms with Crippen molar-refractivity contribution in [3.63, 3.8) is 0 Å². The van der Waals surface area contributed by atoms with Gasteiger partial charge in [0.25, 0.3) is 0 Å². The lowest BCUT2D eigenvalue weighted by molar-refractivity contribution is -0.116. The monoisotopic (exact) mass is 236 g/mol. The average Bonchev–Trinajstić information content (AvgIpc) is 2.32. The van der Waals surface area contributed by atoms with Gasteiger partial charge in [0, 0.05) is 18.7 Å². The minimum atomic E-state index is 0.0232. The van der Waals surface area contributed by atoms with Crippen LogP contribution in [0.15, 0.2) is 24.3 Å². The van der Waals surface area contributed by atoms with Crippen molar-refractivity contribution in [2.75, 3.05) is 25.0 Å². The summed E-state index contributed by atoms with van der Waals surface area (Å²) in [5, 5.41) is 5.95. The maximum Gasteiger partial charge on any atom is 0.225 e. The molecule has 0 aliphatic carbocycles. The zero-order valence-electron chi connectivity index (χ0n) is 10.5. The van der Waals surface area contributed by atoms with Gasteiger partial charge in [-0.15, -0.1) is 0 Å². The summed E-state index contributed by atoms with van der Waals surface area (Å²) in [6.45, 7) is 6.20. The van der Waals surface area contributed by atoms with Crippen molar-refractivity contribution in [3.05, 3.63) is 24.3 Å². The van der Waals surface area contributed by atoms with E-state index in [0.29, 0.717) is 19.6 Å². The van der Waals surface area contributed by atoms with E-state index in [1.165, 1.54) is 0 Å². The van der Waals surface area contributed by atoms with E-state index in [2.05, 4.69) is 10.6 Å². The van der Waals surface area contributed by atoms with Crippen LogP contribution >= 0.6 is 0 Å². The van der Waals surface area contributed by atoms with Crippen molar-refractivity contribution in [3.8, 4) is 5.75 Å². The van der Waals surface area contributed by atoms with Gasteiger partial charge in [0.05, 0.1) is 6.61 Å². The highest BCUT2D eigenvalue weighted by Crippen LogP contribution is 2.15. The fraction of sp³-hybridized carbons (Fsp3) is 0.462. The Bertz CT molecular complexity index is 336. The summed E-state index contributed by atoms with van der Waals surface area (Å²) in [4.78, 5) is 11.5. The molecule has 0 spiro atoms. The number of benzene rings is 1. The molecule has 4 nitrogen and oxygen atoms in total. The molecule has 1 amide bonds. The highest BCUT2D eigenvalue weighted by atomic mass is 16.5. The van der Waals surface area contributed by atoms with Crippen LogP contribution in [0.2, 0.25) is 0 Å². The zero-order valence-corrected chi connectivity index (χ0v) is 10.5. The molecule has 0 saturated heterocycles. The third-order valence-electron chi connectivity index (χ3n) is 2.23. The minimum Gasteiger partial charge on any atom is -0.494 e. The van der Waals surface area contributed by atoms with E-state index in [0.717, 1.165) is 18.0 Å². The second kappa shape index (κ2) is 7.68. The molecule has 0 aliphatic heterocycles. The number of amides is 1. The fourth-order valence-electron chi connectivity index (χ4n) is 1.40. The van der Waals surface area contributed by atoms with E-state index >= 15 is 0 Å². The topological polar surface area (TPSA) is 50.4 Å². The van der Waals surface area contributed by atoms with Crippen LogP contribution in [0.5, 0.6) is 5.75 Å². The lowest BCUT2D eigenvalue weighted by Gasteiger charge is -2.07. The lowest BCUT2D eigenvalue weighted by Crippen LogP contribution is -2.21. The van der Waals surface area contributed by atoms with Gasteiger partial charge in [0.2, 0.25) is 5.91 Å². The van der Waals surface area contributed by atoms with Gasteiger partial charge in [-0.25, -0.2) is 0 Å². The Kier molecular flexibility index (Phi) is 6.10. The zero-order chi connectivity index (χ0) is 12.5. The van der Waals surface area contributed by atoms with E-state index in [9.17, 15) is 4.79 Å². The van der Waals surface area contributed by atoms with E-state index in [1.807, 2.05) is 38.1 Å². The van der Waals surface area contributed by atoms with E-state index in [1.54, 1.807) is 0 Å². The van der Waals surface area contributed by atoms with Crippen molar-refractivity contribution >= 4 is 11.6 Å². The van der Waals surface area contributed by atoms with Gasteiger partial charge in [-0.05, 0) is 37.7 Å². The third kappa shape index (κ3) is 5.36. The number of carbonyl (C=O) groups is 1. The molecule has 2 N–H and O–H groups in total. The number of hydrogen-bond donors (Lipinski definition) is 2. The standard InChI is InChI=1S/C13H20N2O2/c1-3-14-10-9-13(16)15-11-5-7-12(8-6-11)17-4-2/h5-8,14H,3-4,9-10H2,1-2H3,(H,15,16). The summed E-state index contributed by atoms with van der Waals surface area (Å²) in [5.74, 6) is 0.841. The van der Waals surface area contributed by atoms with Crippen LogP contribution in [0.3, 0.4) is 0 Å². The maximum atomic E-state index is 11.5. The molecule has 0 atom stereocenters. The van der Waals surface area contributed by atoms with Crippen molar-refractivity contribution < 1.29 is 9.53 Å². The summed E-state index contributed by atoms with van der Waals surface area (Å²) in [6, 6.07) is 7.39. The Morgan fingerprint density at radius 3 is 2.53 bits per heavy atom. The molecule has 17 heavy (non-hydrogen) atoms. The van der Waals surface area contributed by atoms with E-state index in [-0.39, 0.29) is 5.91 Å². The van der Waals surface area contributed by atoms with Crippen molar-refractivity contribution in [2.24, 2.45) is 0 Å². The molecule has 4 heteroatoms. The van der Waals surface area contributed by atoms with Gasteiger partial charge in [0.15, 0.2) is 0 Å². The second-order valence-electron chi connectivity index (χ2n) is 3.61. The van der Waals surface area contributed by atoms with Gasteiger partial charge in [0.1, 0.15) is 5.75 Å². The molecular weight excluding hydrogens is 216 g/mol. The van der Waals surface area contributed by atoms with Crippen LogP contribution in [-0.2, 0) is 4.79 Å². The predicted octanol–water partition coefficient (Wildman–Crippen LogP) is 2.02. The van der Waals surface area contributed by atoms with Crippen LogP contribution in [0.1, 0.15) is 20.3 Å². The number of nitrogens with one attached hydrogen (secondary N) is 2. The van der Waals surface area contributed by atoms with Gasteiger partial charge in [-0.1, -0.05) is 6.92 Å². The van der Waals surface area contributed by atoms with E-state index in [4.69, 9.17) is 4.74 Å². The molecule has 0 heterocycles. The van der Waals surface area contributed by atoms with Gasteiger partial charge in [-0.3, -0.25) is 4.79 Å². The quantitative estimate of drug-likeness (QED) is 0.712. The SMILES string of the molecule is CCNCCC(=O)Nc1ccc(OCC)cc1. The number of carbonyl (C=O) groups excluding carboxylic acids is 1. The molecule has 1 rings (SSSR count). The summed E-state index contributed by atoms with van der Waals surface area (Å²) in [6.07, 6.45) is 0.487. The number of ether oxygens (including phenoxy) is 1. The summed E-state index contributed by atoms with van der Waals surface area (Å²) < 4.78 is 5.32. The second-order valence-corrected chi connectivity index (χ2v) is 3.61. The maximum absolute atomic E-state index is 11.5.